The van der Waals surface area contributed by atoms with Crippen molar-refractivity contribution < 1.29 is 4.39 Å². The van der Waals surface area contributed by atoms with Gasteiger partial charge in [0.1, 0.15) is 16.8 Å². The average Bonchev–Trinajstić information content (AvgIpc) is 2.47. The largest absolute Gasteiger partial charge is 0.398 e. The Bertz CT molecular complexity index is 510. The van der Waals surface area contributed by atoms with Crippen LogP contribution in [0.1, 0.15) is 4.88 Å². The lowest BCUT2D eigenvalue weighted by atomic mass is 10.2. The highest BCUT2D eigenvalue weighted by atomic mass is 32.1. The summed E-state index contributed by atoms with van der Waals surface area (Å²) in [6, 6.07) is 6.33. The van der Waals surface area contributed by atoms with E-state index in [4.69, 9.17) is 11.0 Å². The molecule has 0 fully saturated rings. The van der Waals surface area contributed by atoms with E-state index >= 15 is 0 Å². The van der Waals surface area contributed by atoms with E-state index in [-0.39, 0.29) is 5.82 Å². The van der Waals surface area contributed by atoms with Crippen LogP contribution in [-0.4, -0.2) is 0 Å². The first-order chi connectivity index (χ1) is 6.20. The van der Waals surface area contributed by atoms with Crippen LogP contribution < -0.4 is 5.73 Å². The Balaban J connectivity index is 2.84. The van der Waals surface area contributed by atoms with Gasteiger partial charge in [0, 0.05) is 15.8 Å². The summed E-state index contributed by atoms with van der Waals surface area (Å²) < 4.78 is 13.6. The number of nitrogens with zero attached hydrogens (tertiary/aromatic N) is 1. The van der Waals surface area contributed by atoms with Crippen molar-refractivity contribution >= 4 is 27.1 Å². The molecule has 1 aromatic heterocycles. The second kappa shape index (κ2) is 2.71. The standard InChI is InChI=1S/C9H5FN2S/c10-5-1-8(12)7-3-6(4-11)13-9(7)2-5/h1-3H,12H2. The molecule has 0 amide bonds. The molecule has 4 heteroatoms. The van der Waals surface area contributed by atoms with Gasteiger partial charge < -0.3 is 5.73 Å². The van der Waals surface area contributed by atoms with Gasteiger partial charge in [0.25, 0.3) is 0 Å². The van der Waals surface area contributed by atoms with Gasteiger partial charge in [0.15, 0.2) is 0 Å². The van der Waals surface area contributed by atoms with Crippen molar-refractivity contribution in [2.24, 2.45) is 0 Å². The van der Waals surface area contributed by atoms with Crippen molar-refractivity contribution in [1.82, 2.24) is 0 Å². The molecule has 0 radical (unpaired) electrons. The third-order valence-corrected chi connectivity index (χ3v) is 2.73. The first-order valence-electron chi connectivity index (χ1n) is 3.59. The maximum absolute atomic E-state index is 12.9. The Hall–Kier alpha value is -1.60. The fourth-order valence-corrected chi connectivity index (χ4v) is 2.10. The van der Waals surface area contributed by atoms with Crippen LogP contribution in [-0.2, 0) is 0 Å². The molecule has 0 aliphatic carbocycles. The summed E-state index contributed by atoms with van der Waals surface area (Å²) in [5, 5.41) is 9.38. The second-order valence-electron chi connectivity index (χ2n) is 2.63. The molecule has 2 nitrogen and oxygen atoms in total. The average molecular weight is 192 g/mol. The lowest BCUT2D eigenvalue weighted by molar-refractivity contribution is 0.630. The number of fused-ring (bicyclic) bond motifs is 1. The molecule has 1 aromatic carbocycles. The highest BCUT2D eigenvalue weighted by molar-refractivity contribution is 7.19. The third-order valence-electron chi connectivity index (χ3n) is 1.74. The second-order valence-corrected chi connectivity index (χ2v) is 3.71. The highest BCUT2D eigenvalue weighted by Gasteiger charge is 2.05. The Morgan fingerprint density at radius 1 is 1.38 bits per heavy atom. The minimum atomic E-state index is -0.365. The van der Waals surface area contributed by atoms with Crippen LogP contribution in [0.15, 0.2) is 18.2 Å². The molecule has 0 aliphatic heterocycles. The monoisotopic (exact) mass is 192 g/mol. The van der Waals surface area contributed by atoms with Crippen LogP contribution in [0.25, 0.3) is 10.1 Å². The predicted octanol–water partition coefficient (Wildman–Crippen LogP) is 2.49. The molecule has 0 spiro atoms. The van der Waals surface area contributed by atoms with Crippen LogP contribution in [0.5, 0.6) is 0 Å². The maximum Gasteiger partial charge on any atom is 0.126 e. The molecule has 64 valence electrons. The Morgan fingerprint density at radius 2 is 2.15 bits per heavy atom. The van der Waals surface area contributed by atoms with E-state index in [1.807, 2.05) is 6.07 Å². The van der Waals surface area contributed by atoms with Gasteiger partial charge in [-0.3, -0.25) is 0 Å². The van der Waals surface area contributed by atoms with Gasteiger partial charge in [0.05, 0.1) is 0 Å². The van der Waals surface area contributed by atoms with E-state index in [1.54, 1.807) is 6.07 Å². The molecule has 0 bridgehead atoms. The summed E-state index contributed by atoms with van der Waals surface area (Å²) >= 11 is 1.24. The zero-order valence-corrected chi connectivity index (χ0v) is 7.36. The van der Waals surface area contributed by atoms with E-state index in [9.17, 15) is 4.39 Å². The number of nitrogens with two attached hydrogens (primary N) is 1. The van der Waals surface area contributed by atoms with Crippen molar-refractivity contribution in [2.45, 2.75) is 0 Å². The van der Waals surface area contributed by atoms with E-state index < -0.39 is 0 Å². The number of benzene rings is 1. The van der Waals surface area contributed by atoms with Crippen LogP contribution in [0.3, 0.4) is 0 Å². The van der Waals surface area contributed by atoms with Gasteiger partial charge in [-0.25, -0.2) is 4.39 Å². The fourth-order valence-electron chi connectivity index (χ4n) is 1.19. The highest BCUT2D eigenvalue weighted by Crippen LogP contribution is 2.30. The minimum absolute atomic E-state index is 0.365. The van der Waals surface area contributed by atoms with Crippen molar-refractivity contribution in [2.75, 3.05) is 5.73 Å². The van der Waals surface area contributed by atoms with E-state index in [2.05, 4.69) is 0 Å². The Morgan fingerprint density at radius 3 is 2.85 bits per heavy atom. The molecule has 0 aliphatic rings. The first-order valence-corrected chi connectivity index (χ1v) is 4.41. The van der Waals surface area contributed by atoms with Gasteiger partial charge in [0.2, 0.25) is 0 Å². The number of nitrogen functional groups attached to an aromatic ring is 1. The van der Waals surface area contributed by atoms with Crippen LogP contribution in [0, 0.1) is 17.1 Å². The number of halogens is 1. The summed E-state index contributed by atoms with van der Waals surface area (Å²) in [6.07, 6.45) is 0. The zero-order chi connectivity index (χ0) is 9.42. The summed E-state index contributed by atoms with van der Waals surface area (Å²) in [5.41, 5.74) is 5.96. The third kappa shape index (κ3) is 1.23. The molecule has 0 saturated carbocycles. The number of hydrogen-bond donors (Lipinski definition) is 1. The van der Waals surface area contributed by atoms with E-state index in [0.29, 0.717) is 15.3 Å². The van der Waals surface area contributed by atoms with Gasteiger partial charge >= 0.3 is 0 Å². The van der Waals surface area contributed by atoms with Crippen molar-refractivity contribution in [3.05, 3.63) is 28.9 Å². The molecule has 13 heavy (non-hydrogen) atoms. The minimum Gasteiger partial charge on any atom is -0.398 e. The molecule has 2 N–H and O–H groups in total. The predicted molar refractivity (Wildman–Crippen MR) is 50.9 cm³/mol. The van der Waals surface area contributed by atoms with Crippen molar-refractivity contribution in [1.29, 1.82) is 5.26 Å². The molecule has 0 unspecified atom stereocenters. The summed E-state index contributed by atoms with van der Waals surface area (Å²) in [6.45, 7) is 0. The lowest BCUT2D eigenvalue weighted by Crippen LogP contribution is -1.85. The Labute approximate surface area is 78.0 Å². The molecule has 0 saturated heterocycles. The van der Waals surface area contributed by atoms with E-state index in [0.717, 1.165) is 5.39 Å². The summed E-state index contributed by atoms with van der Waals surface area (Å²) in [5.74, 6) is -0.365. The SMILES string of the molecule is N#Cc1cc2c(N)cc(F)cc2s1. The number of hydrogen-bond acceptors (Lipinski definition) is 3. The van der Waals surface area contributed by atoms with E-state index in [1.165, 1.54) is 23.5 Å². The number of rotatable bonds is 0. The maximum atomic E-state index is 12.9. The topological polar surface area (TPSA) is 49.8 Å². The van der Waals surface area contributed by atoms with Gasteiger partial charge in [-0.1, -0.05) is 0 Å². The van der Waals surface area contributed by atoms with Crippen molar-refractivity contribution in [3.63, 3.8) is 0 Å². The van der Waals surface area contributed by atoms with Gasteiger partial charge in [-0.2, -0.15) is 5.26 Å². The molecule has 2 rings (SSSR count). The first kappa shape index (κ1) is 8.02. The summed E-state index contributed by atoms with van der Waals surface area (Å²) in [7, 11) is 0. The van der Waals surface area contributed by atoms with Gasteiger partial charge in [-0.15, -0.1) is 11.3 Å². The zero-order valence-electron chi connectivity index (χ0n) is 6.54. The lowest BCUT2D eigenvalue weighted by Gasteiger charge is -1.94. The van der Waals surface area contributed by atoms with Crippen LogP contribution in [0.2, 0.25) is 0 Å². The molecule has 1 heterocycles. The normalized spacial score (nSPS) is 10.2. The fraction of sp³-hybridized carbons (Fsp3) is 0. The van der Waals surface area contributed by atoms with Gasteiger partial charge in [-0.05, 0) is 18.2 Å². The molecular formula is C9H5FN2S. The van der Waals surface area contributed by atoms with Crippen molar-refractivity contribution in [3.8, 4) is 6.07 Å². The smallest absolute Gasteiger partial charge is 0.126 e. The summed E-state index contributed by atoms with van der Waals surface area (Å²) in [4.78, 5) is 0.548. The number of anilines is 1. The van der Waals surface area contributed by atoms with Crippen LogP contribution in [0.4, 0.5) is 10.1 Å². The Kier molecular flexibility index (Phi) is 1.67. The molecule has 0 atom stereocenters. The molecular weight excluding hydrogens is 187 g/mol. The number of nitriles is 1. The van der Waals surface area contributed by atoms with Crippen LogP contribution >= 0.6 is 11.3 Å². The number of thiophene rings is 1. The quantitative estimate of drug-likeness (QED) is 0.652. The molecule has 2 aromatic rings.